The van der Waals surface area contributed by atoms with Crippen LogP contribution in [0.25, 0.3) is 10.9 Å². The third-order valence-corrected chi connectivity index (χ3v) is 5.02. The number of benzene rings is 2. The Morgan fingerprint density at radius 1 is 1.09 bits per heavy atom. The van der Waals surface area contributed by atoms with Crippen molar-refractivity contribution in [3.63, 3.8) is 0 Å². The maximum absolute atomic E-state index is 6.13. The maximum Gasteiger partial charge on any atom is 0.146 e. The van der Waals surface area contributed by atoms with Gasteiger partial charge in [-0.3, -0.25) is 0 Å². The monoisotopic (exact) mass is 418 g/mol. The smallest absolute Gasteiger partial charge is 0.146 e. The van der Waals surface area contributed by atoms with Gasteiger partial charge in [-0.25, -0.2) is 4.98 Å². The fourth-order valence-electron chi connectivity index (χ4n) is 2.66. The highest BCUT2D eigenvalue weighted by molar-refractivity contribution is 14.1. The Morgan fingerprint density at radius 2 is 1.91 bits per heavy atom. The molecule has 0 bridgehead atoms. The lowest BCUT2D eigenvalue weighted by Gasteiger charge is -2.15. The van der Waals surface area contributed by atoms with Gasteiger partial charge in [0.15, 0.2) is 0 Å². The largest absolute Gasteiger partial charge is 0.487 e. The van der Waals surface area contributed by atoms with Crippen LogP contribution in [0.4, 0.5) is 5.69 Å². The Balaban J connectivity index is 1.94. The van der Waals surface area contributed by atoms with Crippen molar-refractivity contribution in [1.82, 2.24) is 4.98 Å². The van der Waals surface area contributed by atoms with E-state index in [4.69, 9.17) is 4.74 Å². The van der Waals surface area contributed by atoms with Crippen molar-refractivity contribution in [1.29, 1.82) is 0 Å². The quantitative estimate of drug-likeness (QED) is 0.601. The second-order valence-corrected chi connectivity index (χ2v) is 6.68. The summed E-state index contributed by atoms with van der Waals surface area (Å²) in [7, 11) is 1.94. The first-order chi connectivity index (χ1) is 11.1. The van der Waals surface area contributed by atoms with Gasteiger partial charge in [-0.1, -0.05) is 18.2 Å². The molecular formula is C19H19IN2O. The highest BCUT2D eigenvalue weighted by atomic mass is 127. The van der Waals surface area contributed by atoms with Crippen LogP contribution in [0.2, 0.25) is 0 Å². The van der Waals surface area contributed by atoms with E-state index in [-0.39, 0.29) is 0 Å². The standard InChI is InChI=1S/C19H19IN2O/c1-12-7-8-14-5-4-6-18(19(14)22-12)23-11-15-13(2)17(21-3)10-9-16(15)20/h4-10,21H,11H2,1-3H3. The molecule has 0 amide bonds. The first-order valence-corrected chi connectivity index (χ1v) is 8.63. The second-order valence-electron chi connectivity index (χ2n) is 5.52. The second kappa shape index (κ2) is 6.74. The van der Waals surface area contributed by atoms with Crippen LogP contribution in [-0.2, 0) is 6.61 Å². The van der Waals surface area contributed by atoms with Crippen molar-refractivity contribution in [2.24, 2.45) is 0 Å². The predicted octanol–water partition coefficient (Wildman–Crippen LogP) is 5.08. The number of aryl methyl sites for hydroxylation is 1. The average Bonchev–Trinajstić information content (AvgIpc) is 2.55. The van der Waals surface area contributed by atoms with Gasteiger partial charge in [0.2, 0.25) is 0 Å². The van der Waals surface area contributed by atoms with Crippen molar-refractivity contribution in [2.75, 3.05) is 12.4 Å². The zero-order valence-electron chi connectivity index (χ0n) is 13.5. The summed E-state index contributed by atoms with van der Waals surface area (Å²) in [5.41, 5.74) is 5.49. The lowest BCUT2D eigenvalue weighted by Crippen LogP contribution is -2.04. The van der Waals surface area contributed by atoms with E-state index in [0.717, 1.165) is 28.0 Å². The number of nitrogens with zero attached hydrogens (tertiary/aromatic N) is 1. The molecule has 0 spiro atoms. The zero-order chi connectivity index (χ0) is 16.4. The molecule has 1 aromatic heterocycles. The van der Waals surface area contributed by atoms with Crippen LogP contribution < -0.4 is 10.1 Å². The molecule has 0 saturated heterocycles. The number of halogens is 1. The van der Waals surface area contributed by atoms with Crippen molar-refractivity contribution < 1.29 is 4.74 Å². The van der Waals surface area contributed by atoms with Crippen LogP contribution in [0.15, 0.2) is 42.5 Å². The molecule has 0 aliphatic carbocycles. The minimum Gasteiger partial charge on any atom is -0.487 e. The molecular weight excluding hydrogens is 399 g/mol. The van der Waals surface area contributed by atoms with Crippen LogP contribution >= 0.6 is 22.6 Å². The minimum atomic E-state index is 0.536. The molecule has 3 nitrogen and oxygen atoms in total. The van der Waals surface area contributed by atoms with Crippen LogP contribution in [0.5, 0.6) is 5.75 Å². The van der Waals surface area contributed by atoms with Gasteiger partial charge in [0.05, 0.1) is 0 Å². The number of ether oxygens (including phenoxy) is 1. The van der Waals surface area contributed by atoms with E-state index in [0.29, 0.717) is 6.61 Å². The summed E-state index contributed by atoms with van der Waals surface area (Å²) in [5, 5.41) is 4.33. The molecule has 0 unspecified atom stereocenters. The van der Waals surface area contributed by atoms with Crippen molar-refractivity contribution in [3.05, 3.63) is 62.9 Å². The number of anilines is 1. The minimum absolute atomic E-state index is 0.536. The maximum atomic E-state index is 6.13. The lowest BCUT2D eigenvalue weighted by molar-refractivity contribution is 0.308. The summed E-state index contributed by atoms with van der Waals surface area (Å²) in [6, 6.07) is 14.4. The normalized spacial score (nSPS) is 10.8. The highest BCUT2D eigenvalue weighted by Crippen LogP contribution is 2.28. The predicted molar refractivity (Wildman–Crippen MR) is 104 cm³/mol. The molecule has 3 rings (SSSR count). The molecule has 3 aromatic rings. The van der Waals surface area contributed by atoms with E-state index in [1.54, 1.807) is 0 Å². The van der Waals surface area contributed by atoms with E-state index in [2.05, 4.69) is 64.1 Å². The number of nitrogens with one attached hydrogen (secondary N) is 1. The molecule has 2 aromatic carbocycles. The van der Waals surface area contributed by atoms with Crippen LogP contribution in [0.3, 0.4) is 0 Å². The molecule has 4 heteroatoms. The van der Waals surface area contributed by atoms with Crippen molar-refractivity contribution in [2.45, 2.75) is 20.5 Å². The number of hydrogen-bond acceptors (Lipinski definition) is 3. The fraction of sp³-hybridized carbons (Fsp3) is 0.211. The van der Waals surface area contributed by atoms with Crippen molar-refractivity contribution in [3.8, 4) is 5.75 Å². The first-order valence-electron chi connectivity index (χ1n) is 7.55. The Bertz CT molecular complexity index is 861. The van der Waals surface area contributed by atoms with Gasteiger partial charge in [0, 0.05) is 32.9 Å². The number of rotatable bonds is 4. The topological polar surface area (TPSA) is 34.1 Å². The van der Waals surface area contributed by atoms with Gasteiger partial charge in [-0.05, 0) is 66.3 Å². The Labute approximate surface area is 150 Å². The third kappa shape index (κ3) is 3.27. The molecule has 0 atom stereocenters. The summed E-state index contributed by atoms with van der Waals surface area (Å²) in [6.45, 7) is 4.66. The number of hydrogen-bond donors (Lipinski definition) is 1. The van der Waals surface area contributed by atoms with Crippen LogP contribution in [0, 0.1) is 17.4 Å². The van der Waals surface area contributed by atoms with Gasteiger partial charge in [0.1, 0.15) is 17.9 Å². The van der Waals surface area contributed by atoms with E-state index in [1.807, 2.05) is 32.2 Å². The lowest BCUT2D eigenvalue weighted by atomic mass is 10.1. The molecule has 0 radical (unpaired) electrons. The van der Waals surface area contributed by atoms with E-state index < -0.39 is 0 Å². The van der Waals surface area contributed by atoms with Gasteiger partial charge in [0.25, 0.3) is 0 Å². The molecule has 1 heterocycles. The average molecular weight is 418 g/mol. The molecule has 0 aliphatic heterocycles. The highest BCUT2D eigenvalue weighted by Gasteiger charge is 2.10. The fourth-order valence-corrected chi connectivity index (χ4v) is 3.40. The van der Waals surface area contributed by atoms with E-state index in [9.17, 15) is 0 Å². The summed E-state index contributed by atoms with van der Waals surface area (Å²) < 4.78 is 7.34. The molecule has 1 N–H and O–H groups in total. The first kappa shape index (κ1) is 16.1. The van der Waals surface area contributed by atoms with Gasteiger partial charge in [-0.2, -0.15) is 0 Å². The molecule has 23 heavy (non-hydrogen) atoms. The molecule has 0 saturated carbocycles. The Hall–Kier alpha value is -1.82. The number of fused-ring (bicyclic) bond motifs is 1. The zero-order valence-corrected chi connectivity index (χ0v) is 15.6. The van der Waals surface area contributed by atoms with E-state index >= 15 is 0 Å². The van der Waals surface area contributed by atoms with Crippen molar-refractivity contribution >= 4 is 39.2 Å². The molecule has 0 fully saturated rings. The summed E-state index contributed by atoms with van der Waals surface area (Å²) >= 11 is 2.36. The van der Waals surface area contributed by atoms with E-state index in [1.165, 1.54) is 14.7 Å². The SMILES string of the molecule is CNc1ccc(I)c(COc2cccc3ccc(C)nc23)c1C. The summed E-state index contributed by atoms with van der Waals surface area (Å²) in [5.74, 6) is 0.830. The summed E-state index contributed by atoms with van der Waals surface area (Å²) in [6.07, 6.45) is 0. The number of aromatic nitrogens is 1. The van der Waals surface area contributed by atoms with Crippen LogP contribution in [0.1, 0.15) is 16.8 Å². The molecule has 0 aliphatic rings. The van der Waals surface area contributed by atoms with Crippen LogP contribution in [-0.4, -0.2) is 12.0 Å². The number of para-hydroxylation sites is 1. The third-order valence-electron chi connectivity index (χ3n) is 4.01. The van der Waals surface area contributed by atoms with Gasteiger partial charge in [-0.15, -0.1) is 0 Å². The molecule has 118 valence electrons. The van der Waals surface area contributed by atoms with Gasteiger partial charge >= 0.3 is 0 Å². The Kier molecular flexibility index (Phi) is 4.71. The number of pyridine rings is 1. The Morgan fingerprint density at radius 3 is 2.70 bits per heavy atom. The van der Waals surface area contributed by atoms with Gasteiger partial charge < -0.3 is 10.1 Å². The summed E-state index contributed by atoms with van der Waals surface area (Å²) in [4.78, 5) is 4.63.